The van der Waals surface area contributed by atoms with Gasteiger partial charge in [0.1, 0.15) is 5.75 Å². The van der Waals surface area contributed by atoms with Crippen LogP contribution in [0.15, 0.2) is 30.3 Å². The summed E-state index contributed by atoms with van der Waals surface area (Å²) in [5.74, 6) is 1.86. The Balaban J connectivity index is 1.44. The zero-order chi connectivity index (χ0) is 16.6. The molecule has 0 aliphatic carbocycles. The van der Waals surface area contributed by atoms with Gasteiger partial charge in [0.2, 0.25) is 5.91 Å². The van der Waals surface area contributed by atoms with E-state index in [-0.39, 0.29) is 11.9 Å². The van der Waals surface area contributed by atoms with Crippen LogP contribution in [0.25, 0.3) is 0 Å². The van der Waals surface area contributed by atoms with Crippen LogP contribution in [0.1, 0.15) is 25.7 Å². The number of ether oxygens (including phenoxy) is 3. The van der Waals surface area contributed by atoms with E-state index in [0.717, 1.165) is 51.4 Å². The average Bonchev–Trinajstić information content (AvgIpc) is 2.64. The number of amides is 1. The molecule has 3 rings (SSSR count). The third-order valence-corrected chi connectivity index (χ3v) is 4.96. The van der Waals surface area contributed by atoms with Gasteiger partial charge in [0.05, 0.1) is 19.6 Å². The Morgan fingerprint density at radius 2 is 1.83 bits per heavy atom. The molecule has 0 aromatic heterocycles. The summed E-state index contributed by atoms with van der Waals surface area (Å²) >= 11 is 0. The number of carbonyl (C=O) groups is 1. The second kappa shape index (κ2) is 9.04. The van der Waals surface area contributed by atoms with E-state index in [4.69, 9.17) is 14.2 Å². The number of hydrogen-bond acceptors (Lipinski definition) is 4. The molecule has 2 heterocycles. The molecule has 5 nitrogen and oxygen atoms in total. The summed E-state index contributed by atoms with van der Waals surface area (Å²) in [5.41, 5.74) is 0. The number of carbonyl (C=O) groups excluding carboxylic acids is 1. The molecule has 2 aliphatic rings. The van der Waals surface area contributed by atoms with Crippen molar-refractivity contribution in [2.45, 2.75) is 31.7 Å². The lowest BCUT2D eigenvalue weighted by molar-refractivity contribution is -0.124. The van der Waals surface area contributed by atoms with Crippen LogP contribution in [-0.4, -0.2) is 45.0 Å². The van der Waals surface area contributed by atoms with E-state index in [1.807, 2.05) is 30.3 Å². The van der Waals surface area contributed by atoms with E-state index in [1.54, 1.807) is 0 Å². The Bertz CT molecular complexity index is 501. The van der Waals surface area contributed by atoms with Crippen molar-refractivity contribution in [1.29, 1.82) is 0 Å². The molecule has 1 aromatic rings. The Labute approximate surface area is 143 Å². The molecular formula is C19H27NO4. The van der Waals surface area contributed by atoms with Gasteiger partial charge in [0, 0.05) is 31.8 Å². The van der Waals surface area contributed by atoms with Crippen LogP contribution < -0.4 is 10.1 Å². The summed E-state index contributed by atoms with van der Waals surface area (Å²) in [4.78, 5) is 12.3. The first-order valence-electron chi connectivity index (χ1n) is 8.95. The van der Waals surface area contributed by atoms with E-state index in [9.17, 15) is 4.79 Å². The SMILES string of the molecule is O=C(CCOc1ccccc1)N[C@@H]1CCOC[C@@H]1C1CCOCC1. The van der Waals surface area contributed by atoms with Crippen molar-refractivity contribution in [3.8, 4) is 5.75 Å². The molecule has 2 aliphatic heterocycles. The van der Waals surface area contributed by atoms with Crippen LogP contribution in [0.2, 0.25) is 0 Å². The Hall–Kier alpha value is -1.59. The lowest BCUT2D eigenvalue weighted by Gasteiger charge is -2.39. The first kappa shape index (κ1) is 17.2. The molecule has 0 bridgehead atoms. The van der Waals surface area contributed by atoms with E-state index in [1.165, 1.54) is 0 Å². The van der Waals surface area contributed by atoms with Gasteiger partial charge >= 0.3 is 0 Å². The monoisotopic (exact) mass is 333 g/mol. The number of rotatable bonds is 6. The van der Waals surface area contributed by atoms with Crippen LogP contribution in [0.4, 0.5) is 0 Å². The summed E-state index contributed by atoms with van der Waals surface area (Å²) < 4.78 is 16.7. The highest BCUT2D eigenvalue weighted by Gasteiger charge is 2.34. The highest BCUT2D eigenvalue weighted by molar-refractivity contribution is 5.76. The summed E-state index contributed by atoms with van der Waals surface area (Å²) in [6.45, 7) is 3.53. The minimum Gasteiger partial charge on any atom is -0.493 e. The summed E-state index contributed by atoms with van der Waals surface area (Å²) in [7, 11) is 0. The zero-order valence-corrected chi connectivity index (χ0v) is 14.1. The lowest BCUT2D eigenvalue weighted by Crippen LogP contribution is -2.49. The molecule has 2 fully saturated rings. The maximum absolute atomic E-state index is 12.3. The van der Waals surface area contributed by atoms with Crippen molar-refractivity contribution in [2.75, 3.05) is 33.0 Å². The zero-order valence-electron chi connectivity index (χ0n) is 14.1. The van der Waals surface area contributed by atoms with Crippen molar-refractivity contribution >= 4 is 5.91 Å². The second-order valence-electron chi connectivity index (χ2n) is 6.56. The molecule has 1 N–H and O–H groups in total. The molecule has 2 saturated heterocycles. The van der Waals surface area contributed by atoms with Crippen LogP contribution in [0.3, 0.4) is 0 Å². The normalized spacial score (nSPS) is 25.2. The number of hydrogen-bond donors (Lipinski definition) is 1. The molecule has 132 valence electrons. The van der Waals surface area contributed by atoms with Crippen LogP contribution in [-0.2, 0) is 14.3 Å². The van der Waals surface area contributed by atoms with Gasteiger partial charge < -0.3 is 19.5 Å². The third kappa shape index (κ3) is 4.95. The summed E-state index contributed by atoms with van der Waals surface area (Å²) in [6, 6.07) is 9.81. The first-order chi connectivity index (χ1) is 11.8. The maximum atomic E-state index is 12.3. The lowest BCUT2D eigenvalue weighted by atomic mass is 9.79. The minimum atomic E-state index is 0.0647. The fourth-order valence-electron chi connectivity index (χ4n) is 3.60. The Morgan fingerprint density at radius 1 is 1.08 bits per heavy atom. The molecule has 0 spiro atoms. The van der Waals surface area contributed by atoms with Crippen molar-refractivity contribution < 1.29 is 19.0 Å². The molecule has 1 amide bonds. The molecule has 0 radical (unpaired) electrons. The first-order valence-corrected chi connectivity index (χ1v) is 8.95. The molecule has 0 saturated carbocycles. The van der Waals surface area contributed by atoms with E-state index < -0.39 is 0 Å². The van der Waals surface area contributed by atoms with Gasteiger partial charge in [-0.05, 0) is 37.3 Å². The fraction of sp³-hybridized carbons (Fsp3) is 0.632. The second-order valence-corrected chi connectivity index (χ2v) is 6.56. The highest BCUT2D eigenvalue weighted by Crippen LogP contribution is 2.30. The van der Waals surface area contributed by atoms with Gasteiger partial charge in [0.15, 0.2) is 0 Å². The molecular weight excluding hydrogens is 306 g/mol. The van der Waals surface area contributed by atoms with Crippen molar-refractivity contribution in [3.05, 3.63) is 30.3 Å². The van der Waals surface area contributed by atoms with Crippen LogP contribution >= 0.6 is 0 Å². The molecule has 5 heteroatoms. The van der Waals surface area contributed by atoms with Gasteiger partial charge in [-0.3, -0.25) is 4.79 Å². The molecule has 1 aromatic carbocycles. The summed E-state index contributed by atoms with van der Waals surface area (Å²) in [5, 5.41) is 3.21. The smallest absolute Gasteiger partial charge is 0.223 e. The van der Waals surface area contributed by atoms with Crippen molar-refractivity contribution in [3.63, 3.8) is 0 Å². The largest absolute Gasteiger partial charge is 0.493 e. The number of benzene rings is 1. The predicted octanol–water partition coefficient (Wildman–Crippen LogP) is 2.40. The predicted molar refractivity (Wildman–Crippen MR) is 91.0 cm³/mol. The van der Waals surface area contributed by atoms with Crippen LogP contribution in [0, 0.1) is 11.8 Å². The van der Waals surface area contributed by atoms with Gasteiger partial charge in [-0.1, -0.05) is 18.2 Å². The molecule has 24 heavy (non-hydrogen) atoms. The van der Waals surface area contributed by atoms with Gasteiger partial charge in [-0.15, -0.1) is 0 Å². The van der Waals surface area contributed by atoms with E-state index in [2.05, 4.69) is 5.32 Å². The van der Waals surface area contributed by atoms with Gasteiger partial charge in [-0.25, -0.2) is 0 Å². The third-order valence-electron chi connectivity index (χ3n) is 4.96. The topological polar surface area (TPSA) is 56.8 Å². The number of para-hydroxylation sites is 1. The average molecular weight is 333 g/mol. The Morgan fingerprint density at radius 3 is 2.62 bits per heavy atom. The minimum absolute atomic E-state index is 0.0647. The summed E-state index contributed by atoms with van der Waals surface area (Å²) in [6.07, 6.45) is 3.41. The Kier molecular flexibility index (Phi) is 6.49. The van der Waals surface area contributed by atoms with Crippen molar-refractivity contribution in [1.82, 2.24) is 5.32 Å². The van der Waals surface area contributed by atoms with Crippen LogP contribution in [0.5, 0.6) is 5.75 Å². The number of nitrogens with one attached hydrogen (secondary N) is 1. The molecule has 2 atom stereocenters. The van der Waals surface area contributed by atoms with E-state index in [0.29, 0.717) is 24.9 Å². The van der Waals surface area contributed by atoms with Gasteiger partial charge in [0.25, 0.3) is 0 Å². The maximum Gasteiger partial charge on any atom is 0.223 e. The standard InChI is InChI=1S/C19H27NO4/c21-19(9-13-24-16-4-2-1-3-5-16)20-18-8-12-23-14-17(18)15-6-10-22-11-7-15/h1-5,15,17-18H,6-14H2,(H,20,21)/t17-,18-/m1/s1. The van der Waals surface area contributed by atoms with Gasteiger partial charge in [-0.2, -0.15) is 0 Å². The van der Waals surface area contributed by atoms with E-state index >= 15 is 0 Å². The van der Waals surface area contributed by atoms with Crippen molar-refractivity contribution in [2.24, 2.45) is 11.8 Å². The highest BCUT2D eigenvalue weighted by atomic mass is 16.5. The molecule has 0 unspecified atom stereocenters. The fourth-order valence-corrected chi connectivity index (χ4v) is 3.60. The quantitative estimate of drug-likeness (QED) is 0.868.